The Morgan fingerprint density at radius 1 is 0.595 bits per heavy atom. The molecule has 228 valence electrons. The minimum absolute atomic E-state index is 0.0950. The van der Waals surface area contributed by atoms with Gasteiger partial charge in [-0.2, -0.15) is 0 Å². The molecule has 9 nitrogen and oxygen atoms in total. The first-order valence-corrected chi connectivity index (χ1v) is 13.8. The van der Waals surface area contributed by atoms with Gasteiger partial charge in [-0.05, 0) is 44.4 Å². The van der Waals surface area contributed by atoms with Gasteiger partial charge >= 0.3 is 0 Å². The van der Waals surface area contributed by atoms with E-state index in [4.69, 9.17) is 45.6 Å². The van der Waals surface area contributed by atoms with Crippen molar-refractivity contribution in [2.24, 2.45) is 34.5 Å². The van der Waals surface area contributed by atoms with E-state index < -0.39 is 0 Å². The molecule has 0 aromatic heterocycles. The van der Waals surface area contributed by atoms with Crippen LogP contribution < -0.4 is 17.2 Å². The second kappa shape index (κ2) is 25.9. The molecule has 37 heavy (non-hydrogen) atoms. The maximum Gasteiger partial charge on any atom is 0.146 e. The first kappa shape index (κ1) is 41.1. The summed E-state index contributed by atoms with van der Waals surface area (Å²) in [6, 6.07) is 0.241. The van der Waals surface area contributed by atoms with Crippen molar-refractivity contribution in [3.63, 3.8) is 0 Å². The molecule has 0 radical (unpaired) electrons. The van der Waals surface area contributed by atoms with E-state index in [9.17, 15) is 0 Å². The fourth-order valence-electron chi connectivity index (χ4n) is 2.03. The SMILES string of the molecule is CC(C)(C)COCOCC(C)(C)N.CC(C)COCOCC(C)N.CCC(C)COCOCC(N)CC. The van der Waals surface area contributed by atoms with Gasteiger partial charge in [0.15, 0.2) is 0 Å². The predicted molar refractivity (Wildman–Crippen MR) is 154 cm³/mol. The summed E-state index contributed by atoms with van der Waals surface area (Å²) in [5.41, 5.74) is 16.8. The molecule has 0 aromatic carbocycles. The van der Waals surface area contributed by atoms with E-state index in [-0.39, 0.29) is 23.0 Å². The Morgan fingerprint density at radius 3 is 1.49 bits per heavy atom. The highest BCUT2D eigenvalue weighted by Gasteiger charge is 2.12. The zero-order valence-electron chi connectivity index (χ0n) is 26.3. The van der Waals surface area contributed by atoms with Crippen molar-refractivity contribution >= 4 is 0 Å². The van der Waals surface area contributed by atoms with Crippen LogP contribution in [0, 0.1) is 17.3 Å². The Bertz CT molecular complexity index is 416. The number of rotatable bonds is 19. The van der Waals surface area contributed by atoms with Crippen LogP contribution in [-0.2, 0) is 28.4 Å². The molecule has 0 spiro atoms. The molecule has 6 N–H and O–H groups in total. The van der Waals surface area contributed by atoms with Crippen LogP contribution in [0.25, 0.3) is 0 Å². The van der Waals surface area contributed by atoms with Crippen molar-refractivity contribution < 1.29 is 28.4 Å². The van der Waals surface area contributed by atoms with Crippen LogP contribution >= 0.6 is 0 Å². The fraction of sp³-hybridized carbons (Fsp3) is 1.00. The van der Waals surface area contributed by atoms with Crippen molar-refractivity contribution in [2.45, 2.75) is 107 Å². The third-order valence-corrected chi connectivity index (χ3v) is 4.30. The van der Waals surface area contributed by atoms with E-state index in [0.29, 0.717) is 58.6 Å². The van der Waals surface area contributed by atoms with Crippen LogP contribution in [0.1, 0.15) is 89.0 Å². The summed E-state index contributed by atoms with van der Waals surface area (Å²) in [5.74, 6) is 1.18. The molecule has 0 aliphatic heterocycles. The van der Waals surface area contributed by atoms with Crippen molar-refractivity contribution in [3.8, 4) is 0 Å². The smallest absolute Gasteiger partial charge is 0.146 e. The highest BCUT2D eigenvalue weighted by molar-refractivity contribution is 4.69. The molecule has 3 atom stereocenters. The second-order valence-electron chi connectivity index (χ2n) is 12.1. The Balaban J connectivity index is -0.000000471. The lowest BCUT2D eigenvalue weighted by Crippen LogP contribution is -2.37. The van der Waals surface area contributed by atoms with Crippen LogP contribution in [0.3, 0.4) is 0 Å². The minimum atomic E-state index is -0.273. The normalized spacial score (nSPS) is 14.4. The molecule has 3 unspecified atom stereocenters. The Morgan fingerprint density at radius 2 is 1.05 bits per heavy atom. The number of hydrogen-bond acceptors (Lipinski definition) is 9. The van der Waals surface area contributed by atoms with Gasteiger partial charge in [0.1, 0.15) is 20.4 Å². The van der Waals surface area contributed by atoms with Gasteiger partial charge in [-0.15, -0.1) is 0 Å². The maximum absolute atomic E-state index is 5.72. The van der Waals surface area contributed by atoms with E-state index in [0.717, 1.165) is 26.1 Å². The van der Waals surface area contributed by atoms with Gasteiger partial charge in [0, 0.05) is 17.6 Å². The number of ether oxygens (including phenoxy) is 6. The minimum Gasteiger partial charge on any atom is -0.355 e. The molecule has 0 saturated heterocycles. The summed E-state index contributed by atoms with van der Waals surface area (Å²) < 4.78 is 31.4. The van der Waals surface area contributed by atoms with Gasteiger partial charge in [-0.3, -0.25) is 0 Å². The van der Waals surface area contributed by atoms with Crippen LogP contribution in [0.2, 0.25) is 0 Å². The van der Waals surface area contributed by atoms with E-state index in [1.807, 2.05) is 27.7 Å². The highest BCUT2D eigenvalue weighted by Crippen LogP contribution is 2.12. The van der Waals surface area contributed by atoms with Gasteiger partial charge in [0.05, 0.1) is 39.6 Å². The zero-order chi connectivity index (χ0) is 29.3. The molecular weight excluding hydrogens is 474 g/mol. The summed E-state index contributed by atoms with van der Waals surface area (Å²) in [7, 11) is 0. The highest BCUT2D eigenvalue weighted by atomic mass is 16.7. The monoisotopic (exact) mass is 539 g/mol. The average Bonchev–Trinajstić information content (AvgIpc) is 2.77. The summed E-state index contributed by atoms with van der Waals surface area (Å²) in [6.07, 6.45) is 2.10. The topological polar surface area (TPSA) is 133 Å². The summed E-state index contributed by atoms with van der Waals surface area (Å²) >= 11 is 0. The van der Waals surface area contributed by atoms with Crippen LogP contribution in [-0.4, -0.2) is 77.6 Å². The molecular formula is C28H65N3O6. The lowest BCUT2D eigenvalue weighted by molar-refractivity contribution is -0.0830. The first-order valence-electron chi connectivity index (χ1n) is 13.8. The molecule has 0 amide bonds. The summed E-state index contributed by atoms with van der Waals surface area (Å²) in [4.78, 5) is 0. The molecule has 0 saturated carbocycles. The quantitative estimate of drug-likeness (QED) is 0.160. The average molecular weight is 540 g/mol. The van der Waals surface area contributed by atoms with Crippen molar-refractivity contribution in [2.75, 3.05) is 60.0 Å². The van der Waals surface area contributed by atoms with E-state index in [1.54, 1.807) is 0 Å². The van der Waals surface area contributed by atoms with Gasteiger partial charge in [-0.1, -0.05) is 61.8 Å². The standard InChI is InChI=1S/2C10H23NO2.C8H19NO2/c1-9(2,3)6-12-8-13-7-10(4,5)11;1-4-9(3)6-12-8-13-7-10(11)5-2;1-7(2)4-10-6-11-5-8(3)9/h6-8,11H2,1-5H3;9-10H,4-8,11H2,1-3H3;7-8H,4-6,9H2,1-3H3. The molecule has 0 bridgehead atoms. The van der Waals surface area contributed by atoms with Gasteiger partial charge < -0.3 is 45.6 Å². The van der Waals surface area contributed by atoms with Crippen molar-refractivity contribution in [1.82, 2.24) is 0 Å². The maximum atomic E-state index is 5.72. The largest absolute Gasteiger partial charge is 0.355 e. The Kier molecular flexibility index (Phi) is 28.8. The van der Waals surface area contributed by atoms with Crippen LogP contribution in [0.5, 0.6) is 0 Å². The third-order valence-electron chi connectivity index (χ3n) is 4.30. The molecule has 0 heterocycles. The molecule has 0 rings (SSSR count). The lowest BCUT2D eigenvalue weighted by Gasteiger charge is -2.20. The molecule has 0 aromatic rings. The van der Waals surface area contributed by atoms with Crippen molar-refractivity contribution in [3.05, 3.63) is 0 Å². The summed E-state index contributed by atoms with van der Waals surface area (Å²) in [6.45, 7) is 27.7. The fourth-order valence-corrected chi connectivity index (χ4v) is 2.03. The summed E-state index contributed by atoms with van der Waals surface area (Å²) in [5, 5.41) is 0. The zero-order valence-corrected chi connectivity index (χ0v) is 26.3. The third kappa shape index (κ3) is 45.9. The second-order valence-corrected chi connectivity index (χ2v) is 12.1. The van der Waals surface area contributed by atoms with Crippen molar-refractivity contribution in [1.29, 1.82) is 0 Å². The first-order chi connectivity index (χ1) is 17.0. The van der Waals surface area contributed by atoms with E-state index in [2.05, 4.69) is 48.5 Å². The molecule has 0 aliphatic rings. The molecule has 0 aliphatic carbocycles. The van der Waals surface area contributed by atoms with Crippen LogP contribution in [0.4, 0.5) is 0 Å². The van der Waals surface area contributed by atoms with E-state index >= 15 is 0 Å². The van der Waals surface area contributed by atoms with E-state index in [1.165, 1.54) is 0 Å². The van der Waals surface area contributed by atoms with Gasteiger partial charge in [0.2, 0.25) is 0 Å². The van der Waals surface area contributed by atoms with Crippen LogP contribution in [0.15, 0.2) is 0 Å². The van der Waals surface area contributed by atoms with Gasteiger partial charge in [0.25, 0.3) is 0 Å². The Labute approximate surface area is 229 Å². The number of hydrogen-bond donors (Lipinski definition) is 3. The lowest BCUT2D eigenvalue weighted by atomic mass is 9.99. The molecule has 9 heteroatoms. The predicted octanol–water partition coefficient (Wildman–Crippen LogP) is 4.50. The molecule has 0 fully saturated rings. The van der Waals surface area contributed by atoms with Gasteiger partial charge in [-0.25, -0.2) is 0 Å². The number of nitrogens with two attached hydrogens (primary N) is 3. The Hall–Kier alpha value is -0.360.